The number of aromatic amines is 1. The van der Waals surface area contributed by atoms with Crippen LogP contribution in [-0.2, 0) is 0 Å². The van der Waals surface area contributed by atoms with E-state index in [4.69, 9.17) is 4.42 Å². The van der Waals surface area contributed by atoms with E-state index in [1.54, 1.807) is 0 Å². The molecule has 0 unspecified atom stereocenters. The number of H-pyrrole nitrogens is 1. The van der Waals surface area contributed by atoms with E-state index in [1.165, 1.54) is 38.0 Å². The fourth-order valence-corrected chi connectivity index (χ4v) is 3.34. The molecule has 0 amide bonds. The van der Waals surface area contributed by atoms with Gasteiger partial charge < -0.3 is 4.42 Å². The Morgan fingerprint density at radius 3 is 2.35 bits per heavy atom. The highest BCUT2D eigenvalue weighted by Gasteiger charge is 2.19. The zero-order valence-corrected chi connectivity index (χ0v) is 11.0. The summed E-state index contributed by atoms with van der Waals surface area (Å²) in [6, 6.07) is 14.8. The molecule has 3 aromatic carbocycles. The Hall–Kier alpha value is -2.61. The van der Waals surface area contributed by atoms with E-state index in [1.807, 2.05) is 12.1 Å². The molecule has 2 aromatic heterocycles. The average Bonchev–Trinajstić information content (AvgIpc) is 2.85. The Morgan fingerprint density at radius 2 is 1.55 bits per heavy atom. The van der Waals surface area contributed by atoms with Crippen molar-refractivity contribution in [2.45, 2.75) is 6.92 Å². The van der Waals surface area contributed by atoms with Crippen molar-refractivity contribution < 1.29 is 9.40 Å². The van der Waals surface area contributed by atoms with Crippen LogP contribution in [0.4, 0.5) is 0 Å². The topological polar surface area (TPSA) is 27.3 Å². The second-order valence-electron chi connectivity index (χ2n) is 5.43. The van der Waals surface area contributed by atoms with Crippen LogP contribution in [0, 0.1) is 6.92 Å². The number of hydrogen-bond donors (Lipinski definition) is 0. The van der Waals surface area contributed by atoms with Gasteiger partial charge in [-0.2, -0.15) is 0 Å². The van der Waals surface area contributed by atoms with Gasteiger partial charge in [-0.1, -0.05) is 18.2 Å². The van der Waals surface area contributed by atoms with Gasteiger partial charge in [0.25, 0.3) is 0 Å². The summed E-state index contributed by atoms with van der Waals surface area (Å²) in [5.74, 6) is 0. The lowest BCUT2D eigenvalue weighted by molar-refractivity contribution is -0.344. The molecule has 2 nitrogen and oxygen atoms in total. The van der Waals surface area contributed by atoms with Gasteiger partial charge in [0.1, 0.15) is 11.2 Å². The fraction of sp³-hybridized carbons (Fsp3) is 0.0556. The molecule has 0 aliphatic carbocycles. The van der Waals surface area contributed by atoms with Crippen molar-refractivity contribution in [1.82, 2.24) is 0 Å². The van der Waals surface area contributed by atoms with Crippen LogP contribution in [0.3, 0.4) is 0 Å². The van der Waals surface area contributed by atoms with Crippen LogP contribution < -0.4 is 4.98 Å². The lowest BCUT2D eigenvalue weighted by Crippen LogP contribution is -2.04. The zero-order chi connectivity index (χ0) is 13.3. The minimum atomic E-state index is 0.963. The summed E-state index contributed by atoms with van der Waals surface area (Å²) in [5, 5.41) is 6.22. The quantitative estimate of drug-likeness (QED) is 0.377. The number of furan rings is 1. The van der Waals surface area contributed by atoms with Gasteiger partial charge in [0.2, 0.25) is 5.52 Å². The summed E-state index contributed by atoms with van der Waals surface area (Å²) in [4.78, 5) is 3.45. The van der Waals surface area contributed by atoms with Crippen molar-refractivity contribution in [3.05, 3.63) is 54.2 Å². The molecule has 1 N–H and O–H groups in total. The predicted octanol–water partition coefficient (Wildman–Crippen LogP) is 4.45. The fourth-order valence-electron chi connectivity index (χ4n) is 3.34. The van der Waals surface area contributed by atoms with E-state index < -0.39 is 0 Å². The van der Waals surface area contributed by atoms with E-state index >= 15 is 0 Å². The van der Waals surface area contributed by atoms with Crippen LogP contribution in [0.1, 0.15) is 5.56 Å². The molecule has 2 heterocycles. The molecular weight excluding hydrogens is 246 g/mol. The van der Waals surface area contributed by atoms with Crippen molar-refractivity contribution in [2.24, 2.45) is 0 Å². The van der Waals surface area contributed by atoms with Gasteiger partial charge in [0.15, 0.2) is 6.20 Å². The van der Waals surface area contributed by atoms with Gasteiger partial charge in [-0.25, -0.2) is 4.98 Å². The average molecular weight is 258 g/mol. The van der Waals surface area contributed by atoms with E-state index in [0.29, 0.717) is 0 Å². The Kier molecular flexibility index (Phi) is 1.68. The third-order valence-corrected chi connectivity index (χ3v) is 4.17. The minimum Gasteiger partial charge on any atom is -0.456 e. The third-order valence-electron chi connectivity index (χ3n) is 4.17. The normalized spacial score (nSPS) is 12.2. The van der Waals surface area contributed by atoms with Gasteiger partial charge in [0, 0.05) is 21.7 Å². The van der Waals surface area contributed by atoms with Crippen LogP contribution in [0.15, 0.2) is 53.1 Å². The lowest BCUT2D eigenvalue weighted by Gasteiger charge is -2.04. The molecule has 5 rings (SSSR count). The third kappa shape index (κ3) is 1.08. The highest BCUT2D eigenvalue weighted by atomic mass is 16.3. The van der Waals surface area contributed by atoms with Crippen molar-refractivity contribution in [3.63, 3.8) is 0 Å². The Labute approximate surface area is 115 Å². The van der Waals surface area contributed by atoms with Gasteiger partial charge in [-0.05, 0) is 31.2 Å². The van der Waals surface area contributed by atoms with E-state index in [2.05, 4.69) is 48.4 Å². The summed E-state index contributed by atoms with van der Waals surface area (Å²) in [7, 11) is 0. The van der Waals surface area contributed by atoms with Crippen molar-refractivity contribution in [2.75, 3.05) is 0 Å². The first-order chi connectivity index (χ1) is 9.83. The number of nitrogens with one attached hydrogen (secondary N) is 1. The molecule has 20 heavy (non-hydrogen) atoms. The van der Waals surface area contributed by atoms with Gasteiger partial charge >= 0.3 is 0 Å². The molecule has 0 saturated carbocycles. The maximum atomic E-state index is 6.00. The second-order valence-corrected chi connectivity index (χ2v) is 5.43. The number of fused-ring (bicyclic) bond motifs is 3. The molecule has 0 bridgehead atoms. The maximum absolute atomic E-state index is 6.00. The Balaban J connectivity index is 2.30. The highest BCUT2D eigenvalue weighted by molar-refractivity contribution is 6.31. The number of aryl methyl sites for hydroxylation is 1. The summed E-state index contributed by atoms with van der Waals surface area (Å²) in [6.45, 7) is 2.11. The highest BCUT2D eigenvalue weighted by Crippen LogP contribution is 2.40. The van der Waals surface area contributed by atoms with E-state index in [9.17, 15) is 0 Å². The first kappa shape index (κ1) is 10.2. The van der Waals surface area contributed by atoms with Gasteiger partial charge in [0.05, 0.1) is 10.8 Å². The summed E-state index contributed by atoms with van der Waals surface area (Å²) < 4.78 is 6.00. The standard InChI is InChI=1S/C18H11NO/c1-10-8-13-11-4-2-6-14-16(11)17-12(18(13)19-9-10)5-3-7-15(17)20-14/h2-9H,1H3/p+1. The van der Waals surface area contributed by atoms with Gasteiger partial charge in [-0.3, -0.25) is 0 Å². The smallest absolute Gasteiger partial charge is 0.219 e. The summed E-state index contributed by atoms with van der Waals surface area (Å²) >= 11 is 0. The number of rotatable bonds is 0. The zero-order valence-electron chi connectivity index (χ0n) is 11.0. The Bertz CT molecular complexity index is 1100. The van der Waals surface area contributed by atoms with Crippen LogP contribution in [-0.4, -0.2) is 0 Å². The molecule has 5 aromatic rings. The van der Waals surface area contributed by atoms with Crippen molar-refractivity contribution in [1.29, 1.82) is 0 Å². The maximum Gasteiger partial charge on any atom is 0.219 e. The van der Waals surface area contributed by atoms with Crippen LogP contribution in [0.2, 0.25) is 0 Å². The second kappa shape index (κ2) is 3.28. The van der Waals surface area contributed by atoms with E-state index in [-0.39, 0.29) is 0 Å². The van der Waals surface area contributed by atoms with Crippen LogP contribution in [0.5, 0.6) is 0 Å². The largest absolute Gasteiger partial charge is 0.456 e. The van der Waals surface area contributed by atoms with Crippen LogP contribution in [0.25, 0.3) is 43.6 Å². The van der Waals surface area contributed by atoms with Crippen molar-refractivity contribution >= 4 is 43.6 Å². The molecule has 0 saturated heterocycles. The SMILES string of the molecule is Cc1c[nH+]c2c(c1)c1cccc3oc4cccc2c4c31. The summed E-state index contributed by atoms with van der Waals surface area (Å²) in [5.41, 5.74) is 4.35. The van der Waals surface area contributed by atoms with Crippen LogP contribution >= 0.6 is 0 Å². The molecule has 0 fully saturated rings. The molecule has 2 heteroatoms. The molecule has 0 atom stereocenters. The molecular formula is C18H12NO+. The lowest BCUT2D eigenvalue weighted by atomic mass is 9.97. The number of aromatic nitrogens is 1. The summed E-state index contributed by atoms with van der Waals surface area (Å²) in [6.07, 6.45) is 2.06. The molecule has 0 radical (unpaired) electrons. The first-order valence-corrected chi connectivity index (χ1v) is 6.80. The number of pyridine rings is 1. The number of hydrogen-bond acceptors (Lipinski definition) is 1. The predicted molar refractivity (Wildman–Crippen MR) is 81.2 cm³/mol. The molecule has 0 aliphatic rings. The first-order valence-electron chi connectivity index (χ1n) is 6.80. The number of benzene rings is 3. The molecule has 0 spiro atoms. The molecule has 0 aliphatic heterocycles. The molecule has 94 valence electrons. The monoisotopic (exact) mass is 258 g/mol. The van der Waals surface area contributed by atoms with Crippen molar-refractivity contribution in [3.8, 4) is 0 Å². The minimum absolute atomic E-state index is 0.963. The Morgan fingerprint density at radius 1 is 0.850 bits per heavy atom. The van der Waals surface area contributed by atoms with E-state index in [0.717, 1.165) is 11.2 Å². The van der Waals surface area contributed by atoms with Gasteiger partial charge in [-0.15, -0.1) is 0 Å².